The first kappa shape index (κ1) is 13.2. The summed E-state index contributed by atoms with van der Waals surface area (Å²) in [5.74, 6) is 0.220. The first-order valence-corrected chi connectivity index (χ1v) is 6.44. The molecule has 5 nitrogen and oxygen atoms in total. The van der Waals surface area contributed by atoms with E-state index in [9.17, 15) is 4.79 Å². The average Bonchev–Trinajstić information content (AvgIpc) is 2.73. The molecule has 0 aliphatic carbocycles. The summed E-state index contributed by atoms with van der Waals surface area (Å²) < 4.78 is 0. The minimum Gasteiger partial charge on any atom is -0.508 e. The smallest absolute Gasteiger partial charge is 0.204 e. The van der Waals surface area contributed by atoms with Crippen molar-refractivity contribution >= 4 is 28.5 Å². The third-order valence-electron chi connectivity index (χ3n) is 2.38. The molecule has 0 radical (unpaired) electrons. The van der Waals surface area contributed by atoms with Crippen LogP contribution in [0.4, 0.5) is 5.13 Å². The summed E-state index contributed by atoms with van der Waals surface area (Å²) in [7, 11) is 0. The van der Waals surface area contributed by atoms with Crippen molar-refractivity contribution in [2.24, 2.45) is 5.10 Å². The second kappa shape index (κ2) is 5.62. The van der Waals surface area contributed by atoms with Crippen LogP contribution in [0.5, 0.6) is 5.75 Å². The van der Waals surface area contributed by atoms with Gasteiger partial charge in [-0.3, -0.25) is 10.2 Å². The summed E-state index contributed by atoms with van der Waals surface area (Å²) in [6.07, 6.45) is 1.61. The Kier molecular flexibility index (Phi) is 3.91. The number of hydrogen-bond donors (Lipinski definition) is 2. The van der Waals surface area contributed by atoms with E-state index in [1.807, 2.05) is 0 Å². The lowest BCUT2D eigenvalue weighted by Crippen LogP contribution is -1.90. The Labute approximate surface area is 114 Å². The normalized spacial score (nSPS) is 10.8. The zero-order valence-corrected chi connectivity index (χ0v) is 11.4. The van der Waals surface area contributed by atoms with Gasteiger partial charge in [0.15, 0.2) is 5.78 Å². The van der Waals surface area contributed by atoms with Crippen molar-refractivity contribution in [3.63, 3.8) is 0 Å². The molecule has 0 atom stereocenters. The van der Waals surface area contributed by atoms with Crippen molar-refractivity contribution in [3.8, 4) is 5.75 Å². The number of rotatable bonds is 4. The van der Waals surface area contributed by atoms with Crippen molar-refractivity contribution in [2.75, 3.05) is 5.43 Å². The molecule has 98 valence electrons. The number of ketones is 1. The van der Waals surface area contributed by atoms with E-state index in [4.69, 9.17) is 5.11 Å². The fourth-order valence-electron chi connectivity index (χ4n) is 1.49. The van der Waals surface area contributed by atoms with Crippen LogP contribution in [0, 0.1) is 6.92 Å². The lowest BCUT2D eigenvalue weighted by atomic mass is 10.2. The molecule has 2 N–H and O–H groups in total. The zero-order chi connectivity index (χ0) is 13.8. The summed E-state index contributed by atoms with van der Waals surface area (Å²) >= 11 is 1.28. The van der Waals surface area contributed by atoms with Crippen LogP contribution in [0.25, 0.3) is 0 Å². The van der Waals surface area contributed by atoms with Gasteiger partial charge in [-0.05, 0) is 36.8 Å². The maximum absolute atomic E-state index is 11.3. The third kappa shape index (κ3) is 3.38. The number of phenols is 1. The van der Waals surface area contributed by atoms with Crippen LogP contribution in [-0.2, 0) is 0 Å². The first-order chi connectivity index (χ1) is 9.06. The number of aryl methyl sites for hydroxylation is 1. The van der Waals surface area contributed by atoms with Crippen LogP contribution < -0.4 is 5.43 Å². The number of hydrogen-bond acceptors (Lipinski definition) is 6. The molecule has 0 saturated carbocycles. The van der Waals surface area contributed by atoms with Crippen LogP contribution >= 0.6 is 11.3 Å². The van der Waals surface area contributed by atoms with Crippen molar-refractivity contribution in [1.82, 2.24) is 4.98 Å². The minimum absolute atomic E-state index is 0.00515. The average molecular weight is 275 g/mol. The second-order valence-electron chi connectivity index (χ2n) is 3.95. The van der Waals surface area contributed by atoms with Gasteiger partial charge in [0, 0.05) is 6.92 Å². The van der Waals surface area contributed by atoms with Crippen LogP contribution in [0.15, 0.2) is 29.4 Å². The molecule has 1 aromatic carbocycles. The van der Waals surface area contributed by atoms with Gasteiger partial charge in [-0.1, -0.05) is 11.3 Å². The molecule has 6 heteroatoms. The number of carbonyl (C=O) groups excluding carboxylic acids is 1. The number of aromatic nitrogens is 1. The molecule has 0 bridgehead atoms. The predicted octanol–water partition coefficient (Wildman–Crippen LogP) is 2.81. The van der Waals surface area contributed by atoms with Gasteiger partial charge in [0.05, 0.1) is 16.8 Å². The molecule has 1 heterocycles. The molecule has 0 saturated heterocycles. The summed E-state index contributed by atoms with van der Waals surface area (Å²) in [6.45, 7) is 3.31. The van der Waals surface area contributed by atoms with E-state index in [0.29, 0.717) is 15.7 Å². The summed E-state index contributed by atoms with van der Waals surface area (Å²) in [5, 5.41) is 13.8. The van der Waals surface area contributed by atoms with Gasteiger partial charge in [0.1, 0.15) is 5.75 Å². The van der Waals surface area contributed by atoms with E-state index in [1.165, 1.54) is 18.3 Å². The molecule has 0 spiro atoms. The van der Waals surface area contributed by atoms with E-state index in [2.05, 4.69) is 15.5 Å². The van der Waals surface area contributed by atoms with Crippen LogP contribution in [0.3, 0.4) is 0 Å². The maximum Gasteiger partial charge on any atom is 0.204 e. The zero-order valence-electron chi connectivity index (χ0n) is 10.5. The molecular formula is C13H13N3O2S. The monoisotopic (exact) mass is 275 g/mol. The van der Waals surface area contributed by atoms with Gasteiger partial charge < -0.3 is 5.11 Å². The number of thiazole rings is 1. The fraction of sp³-hybridized carbons (Fsp3) is 0.154. The Morgan fingerprint density at radius 3 is 2.68 bits per heavy atom. The number of phenolic OH excluding ortho intramolecular Hbond substituents is 1. The molecular weight excluding hydrogens is 262 g/mol. The first-order valence-electron chi connectivity index (χ1n) is 5.63. The highest BCUT2D eigenvalue weighted by Gasteiger charge is 2.10. The highest BCUT2D eigenvalue weighted by atomic mass is 32.1. The van der Waals surface area contributed by atoms with Crippen LogP contribution in [-0.4, -0.2) is 22.1 Å². The Morgan fingerprint density at radius 1 is 1.42 bits per heavy atom. The van der Waals surface area contributed by atoms with Crippen molar-refractivity contribution < 1.29 is 9.90 Å². The molecule has 0 amide bonds. The van der Waals surface area contributed by atoms with E-state index in [0.717, 1.165) is 5.56 Å². The second-order valence-corrected chi connectivity index (χ2v) is 4.95. The highest BCUT2D eigenvalue weighted by molar-refractivity contribution is 7.17. The van der Waals surface area contributed by atoms with Crippen LogP contribution in [0.2, 0.25) is 0 Å². The van der Waals surface area contributed by atoms with E-state index < -0.39 is 0 Å². The van der Waals surface area contributed by atoms with Gasteiger partial charge in [-0.25, -0.2) is 4.98 Å². The molecule has 0 aliphatic rings. The standard InChI is InChI=1S/C13H13N3O2S/c1-8-12(9(2)17)19-13(15-8)16-14-7-10-3-5-11(18)6-4-10/h3-7,18H,1-2H3,(H,15,16)/b14-7-. The molecule has 0 fully saturated rings. The summed E-state index contributed by atoms with van der Waals surface area (Å²) in [5.41, 5.74) is 4.35. The fourth-order valence-corrected chi connectivity index (χ4v) is 2.30. The topological polar surface area (TPSA) is 74.6 Å². The summed E-state index contributed by atoms with van der Waals surface area (Å²) in [4.78, 5) is 16.1. The lowest BCUT2D eigenvalue weighted by Gasteiger charge is -1.94. The van der Waals surface area contributed by atoms with Crippen molar-refractivity contribution in [1.29, 1.82) is 0 Å². The number of Topliss-reactive ketones (excluding diaryl/α,β-unsaturated/α-hetero) is 1. The Balaban J connectivity index is 2.04. The number of carbonyl (C=O) groups is 1. The molecule has 1 aromatic heterocycles. The SMILES string of the molecule is CC(=O)c1sc(N/N=C\c2ccc(O)cc2)nc1C. The van der Waals surface area contributed by atoms with E-state index in [-0.39, 0.29) is 11.5 Å². The van der Waals surface area contributed by atoms with Gasteiger partial charge in [-0.2, -0.15) is 5.10 Å². The molecule has 0 unspecified atom stereocenters. The Morgan fingerprint density at radius 2 is 2.11 bits per heavy atom. The quantitative estimate of drug-likeness (QED) is 0.511. The molecule has 2 rings (SSSR count). The number of nitrogens with one attached hydrogen (secondary N) is 1. The number of hydrazone groups is 1. The van der Waals surface area contributed by atoms with Gasteiger partial charge >= 0.3 is 0 Å². The van der Waals surface area contributed by atoms with Gasteiger partial charge in [-0.15, -0.1) is 0 Å². The Hall–Kier alpha value is -2.21. The van der Waals surface area contributed by atoms with Gasteiger partial charge in [0.25, 0.3) is 0 Å². The molecule has 0 aliphatic heterocycles. The van der Waals surface area contributed by atoms with E-state index in [1.54, 1.807) is 37.4 Å². The summed E-state index contributed by atoms with van der Waals surface area (Å²) in [6, 6.07) is 6.66. The Bertz CT molecular complexity index is 617. The maximum atomic E-state index is 11.3. The highest BCUT2D eigenvalue weighted by Crippen LogP contribution is 2.22. The lowest BCUT2D eigenvalue weighted by molar-refractivity contribution is 0.102. The molecule has 2 aromatic rings. The van der Waals surface area contributed by atoms with E-state index >= 15 is 0 Å². The van der Waals surface area contributed by atoms with Gasteiger partial charge in [0.2, 0.25) is 5.13 Å². The molecule has 19 heavy (non-hydrogen) atoms. The predicted molar refractivity (Wildman–Crippen MR) is 76.2 cm³/mol. The van der Waals surface area contributed by atoms with Crippen LogP contribution in [0.1, 0.15) is 27.9 Å². The minimum atomic E-state index is 0.00515. The number of aromatic hydroxyl groups is 1. The largest absolute Gasteiger partial charge is 0.508 e. The van der Waals surface area contributed by atoms with Crippen molar-refractivity contribution in [3.05, 3.63) is 40.4 Å². The van der Waals surface area contributed by atoms with Crippen molar-refractivity contribution in [2.45, 2.75) is 13.8 Å². The number of anilines is 1. The third-order valence-corrected chi connectivity index (χ3v) is 3.55. The number of nitrogens with zero attached hydrogens (tertiary/aromatic N) is 2. The number of benzene rings is 1.